The summed E-state index contributed by atoms with van der Waals surface area (Å²) in [7, 11) is 0. The minimum absolute atomic E-state index is 0.00715. The standard InChI is InChI=1S/C20H24O4/c1-9-7-10(2)14(11(3)8-9)16-18(22)15-13-5-6-20(24-13,12(4)21)17(15)19(16)23/h7-8,12-13,15-17,21H,5-6H2,1-4H3/t12?,13-,15-,16?,17+,20-/m0/s1. The first-order valence-corrected chi connectivity index (χ1v) is 8.79. The molecule has 4 nitrogen and oxygen atoms in total. The second kappa shape index (κ2) is 4.99. The van der Waals surface area contributed by atoms with Crippen LogP contribution in [0.15, 0.2) is 12.1 Å². The van der Waals surface area contributed by atoms with Crippen LogP contribution in [0.1, 0.15) is 47.9 Å². The maximum absolute atomic E-state index is 13.3. The number of carbonyl (C=O) groups is 2. The fourth-order valence-electron chi connectivity index (χ4n) is 5.54. The number of ketones is 2. The molecule has 6 atom stereocenters. The lowest BCUT2D eigenvalue weighted by molar-refractivity contribution is -0.137. The fourth-order valence-corrected chi connectivity index (χ4v) is 5.54. The highest BCUT2D eigenvalue weighted by atomic mass is 16.5. The second-order valence-corrected chi connectivity index (χ2v) is 7.88. The molecule has 2 heterocycles. The van der Waals surface area contributed by atoms with E-state index >= 15 is 0 Å². The highest BCUT2D eigenvalue weighted by Gasteiger charge is 2.71. The van der Waals surface area contributed by atoms with Crippen LogP contribution >= 0.6 is 0 Å². The van der Waals surface area contributed by atoms with Crippen LogP contribution in [0.5, 0.6) is 0 Å². The van der Waals surface area contributed by atoms with Gasteiger partial charge in [-0.25, -0.2) is 0 Å². The van der Waals surface area contributed by atoms with Crippen LogP contribution in [0.2, 0.25) is 0 Å². The Morgan fingerprint density at radius 1 is 1.17 bits per heavy atom. The third-order valence-electron chi connectivity index (χ3n) is 6.41. The molecule has 0 radical (unpaired) electrons. The number of hydrogen-bond donors (Lipinski definition) is 1. The number of rotatable bonds is 2. The first-order chi connectivity index (χ1) is 11.3. The maximum atomic E-state index is 13.3. The molecule has 1 saturated carbocycles. The van der Waals surface area contributed by atoms with Crippen LogP contribution in [-0.4, -0.2) is 34.5 Å². The highest BCUT2D eigenvalue weighted by molar-refractivity contribution is 6.17. The number of aliphatic hydroxyl groups is 1. The zero-order chi connectivity index (χ0) is 17.4. The first-order valence-electron chi connectivity index (χ1n) is 8.79. The summed E-state index contributed by atoms with van der Waals surface area (Å²) in [6.45, 7) is 7.64. The van der Waals surface area contributed by atoms with Crippen LogP contribution in [0, 0.1) is 32.6 Å². The summed E-state index contributed by atoms with van der Waals surface area (Å²) in [6, 6.07) is 4.07. The van der Waals surface area contributed by atoms with E-state index in [9.17, 15) is 14.7 Å². The minimum atomic E-state index is -0.858. The number of Topliss-reactive ketones (excluding diaryl/α,β-unsaturated/α-hetero) is 2. The molecule has 0 spiro atoms. The quantitative estimate of drug-likeness (QED) is 0.847. The monoisotopic (exact) mass is 328 g/mol. The van der Waals surface area contributed by atoms with Crippen LogP contribution in [-0.2, 0) is 14.3 Å². The zero-order valence-electron chi connectivity index (χ0n) is 14.6. The van der Waals surface area contributed by atoms with Crippen molar-refractivity contribution in [1.29, 1.82) is 0 Å². The van der Waals surface area contributed by atoms with E-state index < -0.39 is 23.5 Å². The molecule has 2 unspecified atom stereocenters. The van der Waals surface area contributed by atoms with E-state index in [1.807, 2.05) is 32.9 Å². The van der Waals surface area contributed by atoms with Gasteiger partial charge in [0.25, 0.3) is 0 Å². The number of aliphatic hydroxyl groups excluding tert-OH is 1. The molecular formula is C20H24O4. The lowest BCUT2D eigenvalue weighted by Gasteiger charge is -2.34. The Balaban J connectivity index is 1.82. The lowest BCUT2D eigenvalue weighted by atomic mass is 9.70. The Labute approximate surface area is 142 Å². The Morgan fingerprint density at radius 3 is 2.38 bits per heavy atom. The molecule has 4 heteroatoms. The van der Waals surface area contributed by atoms with E-state index in [2.05, 4.69) is 0 Å². The molecule has 1 aromatic rings. The van der Waals surface area contributed by atoms with Crippen LogP contribution in [0.3, 0.4) is 0 Å². The lowest BCUT2D eigenvalue weighted by Crippen LogP contribution is -2.48. The number of hydrogen-bond acceptors (Lipinski definition) is 4. The maximum Gasteiger partial charge on any atom is 0.154 e. The molecule has 3 fully saturated rings. The molecule has 2 saturated heterocycles. The van der Waals surface area contributed by atoms with E-state index in [4.69, 9.17) is 4.74 Å². The molecule has 1 aromatic carbocycles. The Morgan fingerprint density at radius 2 is 1.79 bits per heavy atom. The average Bonchev–Trinajstić information content (AvgIpc) is 3.13. The molecule has 0 amide bonds. The van der Waals surface area contributed by atoms with Gasteiger partial charge < -0.3 is 9.84 Å². The van der Waals surface area contributed by atoms with Gasteiger partial charge in [0.15, 0.2) is 11.6 Å². The summed E-state index contributed by atoms with van der Waals surface area (Å²) in [5.41, 5.74) is 3.14. The van der Waals surface area contributed by atoms with Gasteiger partial charge in [0.1, 0.15) is 11.5 Å². The smallest absolute Gasteiger partial charge is 0.154 e. The Kier molecular flexibility index (Phi) is 3.32. The van der Waals surface area contributed by atoms with Gasteiger partial charge in [-0.1, -0.05) is 17.7 Å². The Bertz CT molecular complexity index is 727. The molecule has 3 aliphatic rings. The molecule has 0 aromatic heterocycles. The molecule has 2 bridgehead atoms. The zero-order valence-corrected chi connectivity index (χ0v) is 14.6. The summed E-state index contributed by atoms with van der Waals surface area (Å²) >= 11 is 0. The van der Waals surface area contributed by atoms with E-state index in [0.29, 0.717) is 6.42 Å². The van der Waals surface area contributed by atoms with Crippen LogP contribution < -0.4 is 0 Å². The number of fused-ring (bicyclic) bond motifs is 5. The third-order valence-corrected chi connectivity index (χ3v) is 6.41. The summed E-state index contributed by atoms with van der Waals surface area (Å²) < 4.78 is 6.00. The van der Waals surface area contributed by atoms with Gasteiger partial charge in [-0.2, -0.15) is 0 Å². The second-order valence-electron chi connectivity index (χ2n) is 7.88. The summed E-state index contributed by atoms with van der Waals surface area (Å²) in [5.74, 6) is -1.63. The summed E-state index contributed by atoms with van der Waals surface area (Å²) in [6.07, 6.45) is 0.461. The Hall–Kier alpha value is -1.52. The molecular weight excluding hydrogens is 304 g/mol. The normalized spacial score (nSPS) is 38.7. The van der Waals surface area contributed by atoms with Gasteiger partial charge in [-0.15, -0.1) is 0 Å². The molecule has 2 aliphatic heterocycles. The summed E-state index contributed by atoms with van der Waals surface area (Å²) in [4.78, 5) is 26.4. The SMILES string of the molecule is Cc1cc(C)c(C2C(=O)[C@H]3[C@@H]4CC[C@@](C(C)O)(O4)[C@H]3C2=O)c(C)c1. The van der Waals surface area contributed by atoms with Crippen molar-refractivity contribution >= 4 is 11.6 Å². The molecule has 24 heavy (non-hydrogen) atoms. The average molecular weight is 328 g/mol. The van der Waals surface area contributed by atoms with Crippen molar-refractivity contribution in [2.24, 2.45) is 11.8 Å². The molecule has 1 aliphatic carbocycles. The number of aryl methyl sites for hydroxylation is 3. The number of carbonyl (C=O) groups excluding carboxylic acids is 2. The van der Waals surface area contributed by atoms with Crippen molar-refractivity contribution in [1.82, 2.24) is 0 Å². The number of benzene rings is 1. The van der Waals surface area contributed by atoms with Gasteiger partial charge >= 0.3 is 0 Å². The molecule has 128 valence electrons. The number of ether oxygens (including phenoxy) is 1. The van der Waals surface area contributed by atoms with Crippen molar-refractivity contribution in [3.63, 3.8) is 0 Å². The summed E-state index contributed by atoms with van der Waals surface area (Å²) in [5, 5.41) is 10.3. The largest absolute Gasteiger partial charge is 0.390 e. The van der Waals surface area contributed by atoms with E-state index in [0.717, 1.165) is 28.7 Å². The highest BCUT2D eigenvalue weighted by Crippen LogP contribution is 2.59. The minimum Gasteiger partial charge on any atom is -0.390 e. The third kappa shape index (κ3) is 1.81. The topological polar surface area (TPSA) is 63.6 Å². The van der Waals surface area contributed by atoms with Crippen molar-refractivity contribution in [2.75, 3.05) is 0 Å². The molecule has 4 rings (SSSR count). The van der Waals surface area contributed by atoms with Crippen LogP contribution in [0.25, 0.3) is 0 Å². The van der Waals surface area contributed by atoms with E-state index in [-0.39, 0.29) is 23.6 Å². The van der Waals surface area contributed by atoms with Crippen molar-refractivity contribution in [3.8, 4) is 0 Å². The van der Waals surface area contributed by atoms with Gasteiger partial charge in [0, 0.05) is 0 Å². The van der Waals surface area contributed by atoms with E-state index in [1.165, 1.54) is 0 Å². The van der Waals surface area contributed by atoms with Gasteiger partial charge in [-0.05, 0) is 57.2 Å². The first kappa shape index (κ1) is 16.0. The van der Waals surface area contributed by atoms with Gasteiger partial charge in [0.2, 0.25) is 0 Å². The van der Waals surface area contributed by atoms with E-state index in [1.54, 1.807) is 6.92 Å². The predicted octanol–water partition coefficient (Wildman–Crippen LogP) is 2.39. The van der Waals surface area contributed by atoms with Gasteiger partial charge in [0.05, 0.1) is 24.0 Å². The van der Waals surface area contributed by atoms with Crippen molar-refractivity contribution in [3.05, 3.63) is 34.4 Å². The molecule has 1 N–H and O–H groups in total. The predicted molar refractivity (Wildman–Crippen MR) is 88.9 cm³/mol. The van der Waals surface area contributed by atoms with Gasteiger partial charge in [-0.3, -0.25) is 9.59 Å². The van der Waals surface area contributed by atoms with Crippen molar-refractivity contribution in [2.45, 2.75) is 64.3 Å². The fraction of sp³-hybridized carbons (Fsp3) is 0.600. The van der Waals surface area contributed by atoms with Crippen LogP contribution in [0.4, 0.5) is 0 Å². The van der Waals surface area contributed by atoms with Crippen molar-refractivity contribution < 1.29 is 19.4 Å².